The van der Waals surface area contributed by atoms with E-state index >= 15 is 0 Å². The molecule has 0 radical (unpaired) electrons. The number of halogens is 4. The van der Waals surface area contributed by atoms with E-state index in [1.54, 1.807) is 0 Å². The highest BCUT2D eigenvalue weighted by Gasteiger charge is 2.30. The number of anilines is 1. The minimum Gasteiger partial charge on any atom is -0.373 e. The van der Waals surface area contributed by atoms with Crippen molar-refractivity contribution < 1.29 is 13.2 Å². The lowest BCUT2D eigenvalue weighted by Crippen LogP contribution is -2.06. The van der Waals surface area contributed by atoms with Crippen LogP contribution in [-0.4, -0.2) is 6.54 Å². The Bertz CT molecular complexity index is 393. The van der Waals surface area contributed by atoms with Crippen molar-refractivity contribution in [3.8, 4) is 12.3 Å². The van der Waals surface area contributed by atoms with Gasteiger partial charge in [0, 0.05) is 0 Å². The average molecular weight is 234 g/mol. The number of hydrogen-bond acceptors (Lipinski definition) is 1. The zero-order valence-corrected chi connectivity index (χ0v) is 8.28. The minimum atomic E-state index is -4.38. The van der Waals surface area contributed by atoms with Crippen LogP contribution in [0.3, 0.4) is 0 Å². The predicted molar refractivity (Wildman–Crippen MR) is 53.8 cm³/mol. The van der Waals surface area contributed by atoms with Crippen LogP contribution < -0.4 is 5.32 Å². The van der Waals surface area contributed by atoms with Crippen molar-refractivity contribution in [2.75, 3.05) is 11.9 Å². The van der Waals surface area contributed by atoms with Gasteiger partial charge >= 0.3 is 6.18 Å². The molecule has 0 unspecified atom stereocenters. The molecule has 0 atom stereocenters. The molecule has 0 saturated carbocycles. The summed E-state index contributed by atoms with van der Waals surface area (Å²) in [5.41, 5.74) is -0.388. The SMILES string of the molecule is C#CCNc1ccc(C(F)(F)F)cc1Cl. The lowest BCUT2D eigenvalue weighted by Gasteiger charge is -2.10. The van der Waals surface area contributed by atoms with E-state index in [1.165, 1.54) is 6.07 Å². The van der Waals surface area contributed by atoms with Crippen LogP contribution in [0.1, 0.15) is 5.56 Å². The number of terminal acetylenes is 1. The summed E-state index contributed by atoms with van der Waals surface area (Å²) in [6, 6.07) is 3.06. The Balaban J connectivity index is 2.94. The average Bonchev–Trinajstić information content (AvgIpc) is 2.14. The molecule has 1 aromatic carbocycles. The van der Waals surface area contributed by atoms with Crippen LogP contribution in [-0.2, 0) is 6.18 Å². The summed E-state index contributed by atoms with van der Waals surface area (Å²) in [4.78, 5) is 0. The third kappa shape index (κ3) is 3.07. The van der Waals surface area contributed by atoms with Crippen LogP contribution in [0, 0.1) is 12.3 Å². The van der Waals surface area contributed by atoms with E-state index in [2.05, 4.69) is 11.2 Å². The third-order valence-electron chi connectivity index (χ3n) is 1.68. The second kappa shape index (κ2) is 4.45. The summed E-state index contributed by atoms with van der Waals surface area (Å²) in [6.07, 6.45) is 0.609. The number of benzene rings is 1. The summed E-state index contributed by atoms with van der Waals surface area (Å²) in [6.45, 7) is 0.213. The molecule has 1 nitrogen and oxygen atoms in total. The first-order valence-corrected chi connectivity index (χ1v) is 4.37. The molecule has 1 N–H and O–H groups in total. The molecule has 0 saturated heterocycles. The van der Waals surface area contributed by atoms with Gasteiger partial charge in [0.25, 0.3) is 0 Å². The lowest BCUT2D eigenvalue weighted by molar-refractivity contribution is -0.137. The minimum absolute atomic E-state index is 0.0000694. The van der Waals surface area contributed by atoms with Gasteiger partial charge in [-0.25, -0.2) is 0 Å². The molecule has 80 valence electrons. The van der Waals surface area contributed by atoms with Gasteiger partial charge in [-0.3, -0.25) is 0 Å². The first-order valence-electron chi connectivity index (χ1n) is 3.99. The molecule has 0 bridgehead atoms. The summed E-state index contributed by atoms with van der Waals surface area (Å²) >= 11 is 5.64. The van der Waals surface area contributed by atoms with Crippen LogP contribution in [0.4, 0.5) is 18.9 Å². The van der Waals surface area contributed by atoms with Gasteiger partial charge in [-0.15, -0.1) is 6.42 Å². The van der Waals surface area contributed by atoms with Crippen molar-refractivity contribution in [2.45, 2.75) is 6.18 Å². The Labute approximate surface area is 90.2 Å². The first-order chi connectivity index (χ1) is 6.95. The second-order valence-electron chi connectivity index (χ2n) is 2.75. The fourth-order valence-electron chi connectivity index (χ4n) is 0.981. The maximum absolute atomic E-state index is 12.2. The van der Waals surface area contributed by atoms with Gasteiger partial charge < -0.3 is 5.32 Å². The number of rotatable bonds is 2. The maximum Gasteiger partial charge on any atom is 0.416 e. The largest absolute Gasteiger partial charge is 0.416 e. The molecular formula is C10H7ClF3N. The molecule has 5 heteroatoms. The van der Waals surface area contributed by atoms with Crippen LogP contribution in [0.5, 0.6) is 0 Å². The van der Waals surface area contributed by atoms with Crippen molar-refractivity contribution >= 4 is 17.3 Å². The van der Waals surface area contributed by atoms with Gasteiger partial charge in [-0.2, -0.15) is 13.2 Å². The molecule has 0 aliphatic heterocycles. The molecule has 0 aliphatic rings. The van der Waals surface area contributed by atoms with Gasteiger partial charge in [0.15, 0.2) is 0 Å². The maximum atomic E-state index is 12.2. The topological polar surface area (TPSA) is 12.0 Å². The smallest absolute Gasteiger partial charge is 0.373 e. The standard InChI is InChI=1S/C10H7ClF3N/c1-2-5-15-9-4-3-7(6-8(9)11)10(12,13)14/h1,3-4,6,15H,5H2. The molecule has 1 aromatic rings. The molecule has 0 aliphatic carbocycles. The Morgan fingerprint density at radius 1 is 1.40 bits per heavy atom. The van der Waals surface area contributed by atoms with Gasteiger partial charge in [0.1, 0.15) is 0 Å². The Kier molecular flexibility index (Phi) is 3.48. The highest BCUT2D eigenvalue weighted by atomic mass is 35.5. The molecule has 0 fully saturated rings. The van der Waals surface area contributed by atoms with E-state index in [-0.39, 0.29) is 11.6 Å². The normalized spacial score (nSPS) is 10.9. The van der Waals surface area contributed by atoms with Crippen molar-refractivity contribution in [1.29, 1.82) is 0 Å². The van der Waals surface area contributed by atoms with Crippen LogP contribution >= 0.6 is 11.6 Å². The summed E-state index contributed by atoms with van der Waals surface area (Å²) in [7, 11) is 0. The van der Waals surface area contributed by atoms with Gasteiger partial charge in [-0.1, -0.05) is 17.5 Å². The third-order valence-corrected chi connectivity index (χ3v) is 1.99. The fraction of sp³-hybridized carbons (Fsp3) is 0.200. The fourth-order valence-corrected chi connectivity index (χ4v) is 1.23. The van der Waals surface area contributed by atoms with Crippen molar-refractivity contribution in [1.82, 2.24) is 0 Å². The van der Waals surface area contributed by atoms with E-state index < -0.39 is 11.7 Å². The molecule has 0 aromatic heterocycles. The summed E-state index contributed by atoms with van der Waals surface area (Å²) in [5.74, 6) is 2.30. The van der Waals surface area contributed by atoms with Crippen LogP contribution in [0.25, 0.3) is 0 Å². The van der Waals surface area contributed by atoms with Crippen LogP contribution in [0.2, 0.25) is 5.02 Å². The van der Waals surface area contributed by atoms with E-state index in [1.807, 2.05) is 0 Å². The summed E-state index contributed by atoms with van der Waals surface area (Å²) in [5, 5.41) is 2.71. The van der Waals surface area contributed by atoms with Gasteiger partial charge in [0.05, 0.1) is 22.8 Å². The first kappa shape index (κ1) is 11.7. The second-order valence-corrected chi connectivity index (χ2v) is 3.16. The van der Waals surface area contributed by atoms with E-state index in [0.29, 0.717) is 5.69 Å². The highest BCUT2D eigenvalue weighted by Crippen LogP contribution is 2.33. The molecule has 15 heavy (non-hydrogen) atoms. The molecule has 1 rings (SSSR count). The molecular weight excluding hydrogens is 227 g/mol. The zero-order valence-electron chi connectivity index (χ0n) is 7.53. The van der Waals surface area contributed by atoms with Gasteiger partial charge in [0.2, 0.25) is 0 Å². The number of nitrogens with one attached hydrogen (secondary N) is 1. The van der Waals surface area contributed by atoms with Crippen molar-refractivity contribution in [2.24, 2.45) is 0 Å². The highest BCUT2D eigenvalue weighted by molar-refractivity contribution is 6.33. The lowest BCUT2D eigenvalue weighted by atomic mass is 10.2. The van der Waals surface area contributed by atoms with Crippen molar-refractivity contribution in [3.63, 3.8) is 0 Å². The number of alkyl halides is 3. The van der Waals surface area contributed by atoms with Crippen molar-refractivity contribution in [3.05, 3.63) is 28.8 Å². The van der Waals surface area contributed by atoms with E-state index in [0.717, 1.165) is 12.1 Å². The zero-order chi connectivity index (χ0) is 11.5. The Morgan fingerprint density at radius 3 is 2.53 bits per heavy atom. The predicted octanol–water partition coefficient (Wildman–Crippen LogP) is 3.40. The number of hydrogen-bond donors (Lipinski definition) is 1. The van der Waals surface area contributed by atoms with Gasteiger partial charge in [-0.05, 0) is 18.2 Å². The van der Waals surface area contributed by atoms with E-state index in [9.17, 15) is 13.2 Å². The van der Waals surface area contributed by atoms with Crippen LogP contribution in [0.15, 0.2) is 18.2 Å². The summed E-state index contributed by atoms with van der Waals surface area (Å²) < 4.78 is 36.7. The van der Waals surface area contributed by atoms with E-state index in [4.69, 9.17) is 18.0 Å². The molecule has 0 heterocycles. The molecule has 0 spiro atoms. The Hall–Kier alpha value is -1.34. The Morgan fingerprint density at radius 2 is 2.07 bits per heavy atom. The molecule has 0 amide bonds. The quantitative estimate of drug-likeness (QED) is 0.772. The monoisotopic (exact) mass is 233 g/mol.